The van der Waals surface area contributed by atoms with Crippen LogP contribution < -0.4 is 10.1 Å². The molecule has 0 atom stereocenters. The highest BCUT2D eigenvalue weighted by Gasteiger charge is 2.09. The molecule has 0 spiro atoms. The molecule has 5 nitrogen and oxygen atoms in total. The molecule has 0 heterocycles. The minimum Gasteiger partial charge on any atom is -0.493 e. The number of anilines is 1. The number of para-hydroxylation sites is 1. The van der Waals surface area contributed by atoms with Crippen LogP contribution in [-0.4, -0.2) is 24.6 Å². The molecule has 2 rings (SSSR count). The van der Waals surface area contributed by atoms with E-state index in [0.29, 0.717) is 17.9 Å². The summed E-state index contributed by atoms with van der Waals surface area (Å²) < 4.78 is 10.9. The van der Waals surface area contributed by atoms with Crippen molar-refractivity contribution in [3.63, 3.8) is 0 Å². The summed E-state index contributed by atoms with van der Waals surface area (Å²) in [4.78, 5) is 24.0. The summed E-state index contributed by atoms with van der Waals surface area (Å²) in [5, 5.41) is 2.77. The van der Waals surface area contributed by atoms with Crippen LogP contribution in [0.1, 0.15) is 49.5 Å². The van der Waals surface area contributed by atoms with E-state index in [0.717, 1.165) is 24.2 Å². The summed E-state index contributed by atoms with van der Waals surface area (Å²) in [6, 6.07) is 14.2. The zero-order valence-corrected chi connectivity index (χ0v) is 16.6. The number of hydrogen-bond acceptors (Lipinski definition) is 4. The number of carbonyl (C=O) groups is 2. The second-order valence-corrected chi connectivity index (χ2v) is 6.59. The van der Waals surface area contributed by atoms with Crippen molar-refractivity contribution in [2.45, 2.75) is 39.7 Å². The molecule has 0 aliphatic rings. The smallest absolute Gasteiger partial charge is 0.338 e. The Morgan fingerprint density at radius 3 is 2.46 bits per heavy atom. The molecule has 0 fully saturated rings. The van der Waals surface area contributed by atoms with Crippen molar-refractivity contribution in [3.05, 3.63) is 65.7 Å². The van der Waals surface area contributed by atoms with Gasteiger partial charge in [0.05, 0.1) is 18.3 Å². The van der Waals surface area contributed by atoms with Crippen molar-refractivity contribution < 1.29 is 19.1 Å². The lowest BCUT2D eigenvalue weighted by Gasteiger charge is -2.09. The highest BCUT2D eigenvalue weighted by atomic mass is 16.5. The molecule has 0 saturated heterocycles. The standard InChI is InChI=1S/C23H27NO4/c1-4-5-16-27-21-9-7-6-8-18(21)12-15-22(25)24-20-13-10-19(11-14-20)23(26)28-17(2)3/h6-15,17H,4-5,16H2,1-3H3,(H,24,25). The van der Waals surface area contributed by atoms with Crippen molar-refractivity contribution >= 4 is 23.6 Å². The third-order valence-corrected chi connectivity index (χ3v) is 3.82. The van der Waals surface area contributed by atoms with Gasteiger partial charge in [-0.3, -0.25) is 4.79 Å². The number of unbranched alkanes of at least 4 members (excludes halogenated alkanes) is 1. The summed E-state index contributed by atoms with van der Waals surface area (Å²) in [7, 11) is 0. The SMILES string of the molecule is CCCCOc1ccccc1C=CC(=O)Nc1ccc(C(=O)OC(C)C)cc1. The van der Waals surface area contributed by atoms with Gasteiger partial charge in [-0.2, -0.15) is 0 Å². The van der Waals surface area contributed by atoms with Gasteiger partial charge in [0.1, 0.15) is 5.75 Å². The molecule has 148 valence electrons. The lowest BCUT2D eigenvalue weighted by molar-refractivity contribution is -0.111. The molecule has 0 aromatic heterocycles. The van der Waals surface area contributed by atoms with E-state index >= 15 is 0 Å². The van der Waals surface area contributed by atoms with Gasteiger partial charge in [-0.1, -0.05) is 31.5 Å². The summed E-state index contributed by atoms with van der Waals surface area (Å²) in [6.45, 7) is 6.36. The van der Waals surface area contributed by atoms with Crippen LogP contribution in [0.5, 0.6) is 5.75 Å². The summed E-state index contributed by atoms with van der Waals surface area (Å²) in [5.74, 6) is 0.112. The van der Waals surface area contributed by atoms with E-state index in [1.54, 1.807) is 44.2 Å². The van der Waals surface area contributed by atoms with E-state index in [1.165, 1.54) is 6.08 Å². The minimum absolute atomic E-state index is 0.175. The fraction of sp³-hybridized carbons (Fsp3) is 0.304. The van der Waals surface area contributed by atoms with Crippen LogP contribution in [0, 0.1) is 0 Å². The maximum atomic E-state index is 12.2. The first-order chi connectivity index (χ1) is 13.5. The third-order valence-electron chi connectivity index (χ3n) is 3.82. The highest BCUT2D eigenvalue weighted by Crippen LogP contribution is 2.20. The maximum absolute atomic E-state index is 12.2. The molecular weight excluding hydrogens is 354 g/mol. The van der Waals surface area contributed by atoms with Crippen LogP contribution in [0.15, 0.2) is 54.6 Å². The van der Waals surface area contributed by atoms with Gasteiger partial charge < -0.3 is 14.8 Å². The van der Waals surface area contributed by atoms with E-state index in [9.17, 15) is 9.59 Å². The highest BCUT2D eigenvalue weighted by molar-refractivity contribution is 6.02. The van der Waals surface area contributed by atoms with Gasteiger partial charge in [0.25, 0.3) is 0 Å². The number of rotatable bonds is 9. The number of benzene rings is 2. The topological polar surface area (TPSA) is 64.6 Å². The van der Waals surface area contributed by atoms with Crippen molar-refractivity contribution in [2.75, 3.05) is 11.9 Å². The van der Waals surface area contributed by atoms with Crippen LogP contribution in [0.4, 0.5) is 5.69 Å². The zero-order valence-electron chi connectivity index (χ0n) is 16.6. The van der Waals surface area contributed by atoms with E-state index in [4.69, 9.17) is 9.47 Å². The molecule has 0 radical (unpaired) electrons. The maximum Gasteiger partial charge on any atom is 0.338 e. The number of esters is 1. The number of nitrogens with one attached hydrogen (secondary N) is 1. The average Bonchev–Trinajstić information content (AvgIpc) is 2.67. The monoisotopic (exact) mass is 381 g/mol. The molecule has 5 heteroatoms. The normalized spacial score (nSPS) is 10.9. The predicted octanol–water partition coefficient (Wildman–Crippen LogP) is 5.08. The molecule has 1 N–H and O–H groups in total. The largest absolute Gasteiger partial charge is 0.493 e. The van der Waals surface area contributed by atoms with E-state index in [-0.39, 0.29) is 18.0 Å². The molecule has 28 heavy (non-hydrogen) atoms. The predicted molar refractivity (Wildman–Crippen MR) is 112 cm³/mol. The number of carbonyl (C=O) groups excluding carboxylic acids is 2. The lowest BCUT2D eigenvalue weighted by Crippen LogP contribution is -2.12. The second-order valence-electron chi connectivity index (χ2n) is 6.59. The summed E-state index contributed by atoms with van der Waals surface area (Å²) in [6.07, 6.45) is 5.06. The lowest BCUT2D eigenvalue weighted by atomic mass is 10.2. The van der Waals surface area contributed by atoms with Crippen molar-refractivity contribution in [3.8, 4) is 5.75 Å². The molecule has 2 aromatic carbocycles. The number of amides is 1. The van der Waals surface area contributed by atoms with Crippen LogP contribution in [-0.2, 0) is 9.53 Å². The Balaban J connectivity index is 1.96. The fourth-order valence-electron chi connectivity index (χ4n) is 2.40. The number of hydrogen-bond donors (Lipinski definition) is 1. The van der Waals surface area contributed by atoms with Gasteiger partial charge in [-0.05, 0) is 56.7 Å². The minimum atomic E-state index is -0.382. The van der Waals surface area contributed by atoms with Crippen molar-refractivity contribution in [1.29, 1.82) is 0 Å². The summed E-state index contributed by atoms with van der Waals surface area (Å²) in [5.41, 5.74) is 1.89. The first-order valence-electron chi connectivity index (χ1n) is 9.51. The Bertz CT molecular complexity index is 810. The Morgan fingerprint density at radius 2 is 1.79 bits per heavy atom. The number of ether oxygens (including phenoxy) is 2. The molecule has 0 aliphatic carbocycles. The van der Waals surface area contributed by atoms with Crippen molar-refractivity contribution in [1.82, 2.24) is 0 Å². The van der Waals surface area contributed by atoms with E-state index in [2.05, 4.69) is 12.2 Å². The molecule has 0 saturated carbocycles. The van der Waals surface area contributed by atoms with Gasteiger partial charge in [-0.25, -0.2) is 4.79 Å². The quantitative estimate of drug-likeness (QED) is 0.374. The molecule has 1 amide bonds. The van der Waals surface area contributed by atoms with E-state index < -0.39 is 0 Å². The Kier molecular flexibility index (Phi) is 8.28. The molecule has 0 aliphatic heterocycles. The second kappa shape index (κ2) is 10.9. The van der Waals surface area contributed by atoms with Gasteiger partial charge >= 0.3 is 5.97 Å². The molecule has 0 bridgehead atoms. The van der Waals surface area contributed by atoms with Crippen LogP contribution >= 0.6 is 0 Å². The first-order valence-corrected chi connectivity index (χ1v) is 9.51. The van der Waals surface area contributed by atoms with Gasteiger partial charge in [-0.15, -0.1) is 0 Å². The van der Waals surface area contributed by atoms with E-state index in [1.807, 2.05) is 24.3 Å². The Hall–Kier alpha value is -3.08. The van der Waals surface area contributed by atoms with Crippen molar-refractivity contribution in [2.24, 2.45) is 0 Å². The fourth-order valence-corrected chi connectivity index (χ4v) is 2.40. The summed E-state index contributed by atoms with van der Waals surface area (Å²) >= 11 is 0. The Morgan fingerprint density at radius 1 is 1.07 bits per heavy atom. The van der Waals surface area contributed by atoms with Crippen LogP contribution in [0.25, 0.3) is 6.08 Å². The van der Waals surface area contributed by atoms with Gasteiger partial charge in [0.2, 0.25) is 5.91 Å². The molecule has 2 aromatic rings. The average molecular weight is 381 g/mol. The molecule has 0 unspecified atom stereocenters. The zero-order chi connectivity index (χ0) is 20.4. The van der Waals surface area contributed by atoms with Crippen LogP contribution in [0.2, 0.25) is 0 Å². The van der Waals surface area contributed by atoms with Gasteiger partial charge in [0.15, 0.2) is 0 Å². The van der Waals surface area contributed by atoms with Crippen LogP contribution in [0.3, 0.4) is 0 Å². The first kappa shape index (κ1) is 21.2. The molecular formula is C23H27NO4. The Labute approximate surface area is 166 Å². The van der Waals surface area contributed by atoms with Gasteiger partial charge in [0, 0.05) is 17.3 Å². The third kappa shape index (κ3) is 6.91.